The Bertz CT molecular complexity index is 1390. The minimum Gasteiger partial charge on any atom is -0.479 e. The molecule has 12 nitrogen and oxygen atoms in total. The first-order chi connectivity index (χ1) is 18.5. The van der Waals surface area contributed by atoms with E-state index in [2.05, 4.69) is 25.8 Å². The summed E-state index contributed by atoms with van der Waals surface area (Å²) in [6.45, 7) is 2.46. The number of Topliss-reactive ketones (excluding diaryl/α,β-unsaturated/α-hetero) is 1. The third kappa shape index (κ3) is 6.44. The Morgan fingerprint density at radius 2 is 1.93 bits per heavy atom. The number of nitrogens with zero attached hydrogens (tertiary/aromatic N) is 1. The second-order valence-corrected chi connectivity index (χ2v) is 11.9. The number of halogens is 1. The van der Waals surface area contributed by atoms with Gasteiger partial charge >= 0.3 is 5.97 Å². The number of benzene rings is 2. The van der Waals surface area contributed by atoms with Gasteiger partial charge in [-0.3, -0.25) is 14.9 Å². The van der Waals surface area contributed by atoms with Crippen LogP contribution in [0.25, 0.3) is 10.8 Å². The average Bonchev–Trinajstić information content (AvgIpc) is 3.74. The number of aliphatic carboxylic acids is 1. The number of carbonyl (C=O) groups excluding carboxylic acids is 2. The molecule has 1 aliphatic carbocycles. The van der Waals surface area contributed by atoms with Gasteiger partial charge in [0.05, 0.1) is 10.9 Å². The van der Waals surface area contributed by atoms with Crippen molar-refractivity contribution in [3.63, 3.8) is 0 Å². The number of amides is 1. The lowest BCUT2D eigenvalue weighted by atomic mass is 9.81. The van der Waals surface area contributed by atoms with Gasteiger partial charge in [0, 0.05) is 36.1 Å². The molecule has 3 atom stereocenters. The number of hydrogen-bond acceptors (Lipinski definition) is 9. The zero-order valence-corrected chi connectivity index (χ0v) is 23.7. The number of carbonyl (C=O) groups is 3. The van der Waals surface area contributed by atoms with Crippen molar-refractivity contribution < 1.29 is 27.9 Å². The molecular weight excluding hydrogens is 560 g/mol. The van der Waals surface area contributed by atoms with Gasteiger partial charge in [-0.1, -0.05) is 36.4 Å². The molecule has 0 radical (unpaired) electrons. The molecule has 0 aromatic heterocycles. The molecule has 2 aliphatic rings. The molecule has 1 saturated heterocycles. The van der Waals surface area contributed by atoms with E-state index in [0.29, 0.717) is 36.6 Å². The van der Waals surface area contributed by atoms with Gasteiger partial charge < -0.3 is 21.6 Å². The molecule has 1 saturated carbocycles. The monoisotopic (exact) mass is 594 g/mol. The van der Waals surface area contributed by atoms with Crippen LogP contribution in [0.5, 0.6) is 0 Å². The molecule has 0 spiro atoms. The predicted molar refractivity (Wildman–Crippen MR) is 153 cm³/mol. The molecule has 1 amide bonds. The second-order valence-electron chi connectivity index (χ2n) is 10.3. The van der Waals surface area contributed by atoms with E-state index in [9.17, 15) is 27.9 Å². The largest absolute Gasteiger partial charge is 0.479 e. The van der Waals surface area contributed by atoms with Crippen molar-refractivity contribution in [1.82, 2.24) is 20.7 Å². The Morgan fingerprint density at radius 3 is 2.55 bits per heavy atom. The summed E-state index contributed by atoms with van der Waals surface area (Å²) in [6, 6.07) is 9.69. The summed E-state index contributed by atoms with van der Waals surface area (Å²) >= 11 is 0. The Morgan fingerprint density at radius 1 is 1.23 bits per heavy atom. The zero-order valence-electron chi connectivity index (χ0n) is 22.1. The minimum atomic E-state index is -4.27. The first-order valence-electron chi connectivity index (χ1n) is 12.8. The lowest BCUT2D eigenvalue weighted by Crippen LogP contribution is -2.71. The van der Waals surface area contributed by atoms with Gasteiger partial charge in [0.25, 0.3) is 11.4 Å². The molecule has 0 bridgehead atoms. The summed E-state index contributed by atoms with van der Waals surface area (Å²) in [5.41, 5.74) is -3.36. The van der Waals surface area contributed by atoms with E-state index in [1.165, 1.54) is 19.2 Å². The van der Waals surface area contributed by atoms with Gasteiger partial charge in [-0.2, -0.15) is 5.10 Å². The van der Waals surface area contributed by atoms with Gasteiger partial charge in [0.15, 0.2) is 5.78 Å². The highest BCUT2D eigenvalue weighted by atomic mass is 35.5. The fourth-order valence-electron chi connectivity index (χ4n) is 5.00. The summed E-state index contributed by atoms with van der Waals surface area (Å²) in [5, 5.41) is 23.6. The quantitative estimate of drug-likeness (QED) is 0.0878. The van der Waals surface area contributed by atoms with Gasteiger partial charge in [-0.15, -0.1) is 12.4 Å². The van der Waals surface area contributed by atoms with Crippen LogP contribution in [-0.4, -0.2) is 74.7 Å². The van der Waals surface area contributed by atoms with Crippen molar-refractivity contribution in [2.75, 3.05) is 19.6 Å². The van der Waals surface area contributed by atoms with Crippen LogP contribution in [0.15, 0.2) is 52.5 Å². The highest BCUT2D eigenvalue weighted by Crippen LogP contribution is 2.27. The van der Waals surface area contributed by atoms with E-state index in [1.54, 1.807) is 36.4 Å². The number of sulfonamides is 1. The average molecular weight is 595 g/mol. The molecule has 4 rings (SSSR count). The number of nitrogens with two attached hydrogens (primary N) is 1. The SMILES string of the molecule is CC(NS(=O)(=O)c1cccc2ccccc12)C(=O)[C@@](NC1CC1)(C(=O)O)C(=O)NCC1(/C=N\N)CCCNC1.Cl. The Labute approximate surface area is 239 Å². The molecule has 1 aliphatic heterocycles. The van der Waals surface area contributed by atoms with Gasteiger partial charge in [0.1, 0.15) is 0 Å². The molecule has 40 heavy (non-hydrogen) atoms. The number of carboxylic acids is 1. The van der Waals surface area contributed by atoms with E-state index in [4.69, 9.17) is 5.84 Å². The Hall–Kier alpha value is -3.10. The standard InChI is InChI=1S/C26H34N6O6S.ClH/c1-17(32-39(37,38)21-9-4-7-18-6-2-3-8-20(18)21)22(33)26(24(35)36,31-19-10-11-19)23(34)29-15-25(16-30-27)12-5-13-28-14-25;/h2-4,6-9,16-17,19,28,31-32H,5,10-15,27H2,1H3,(H,29,34)(H,35,36);1H/b30-16-;/t17?,25?,26-;/m0./s1. The number of nitrogens with one attached hydrogen (secondary N) is 4. The molecule has 2 aromatic rings. The number of piperidine rings is 1. The first-order valence-corrected chi connectivity index (χ1v) is 14.3. The van der Waals surface area contributed by atoms with E-state index in [0.717, 1.165) is 13.0 Å². The van der Waals surface area contributed by atoms with Crippen molar-refractivity contribution in [1.29, 1.82) is 0 Å². The molecule has 2 aromatic carbocycles. The Balaban J connectivity index is 0.00000441. The van der Waals surface area contributed by atoms with E-state index in [1.807, 2.05) is 0 Å². The van der Waals surface area contributed by atoms with Crippen molar-refractivity contribution in [3.8, 4) is 0 Å². The third-order valence-electron chi connectivity index (χ3n) is 7.25. The van der Waals surface area contributed by atoms with Crippen molar-refractivity contribution in [2.45, 2.75) is 55.1 Å². The fourth-order valence-corrected chi connectivity index (χ4v) is 6.43. The number of hydrogen-bond donors (Lipinski definition) is 6. The van der Waals surface area contributed by atoms with Crippen LogP contribution in [-0.2, 0) is 24.4 Å². The summed E-state index contributed by atoms with van der Waals surface area (Å²) in [7, 11) is -4.27. The highest BCUT2D eigenvalue weighted by molar-refractivity contribution is 7.89. The smallest absolute Gasteiger partial charge is 0.341 e. The summed E-state index contributed by atoms with van der Waals surface area (Å²) in [5.74, 6) is 1.49. The molecule has 2 fully saturated rings. The number of hydrazone groups is 1. The number of carboxylic acid groups (broad SMARTS) is 1. The maximum atomic E-state index is 13.8. The maximum Gasteiger partial charge on any atom is 0.341 e. The molecule has 1 heterocycles. The highest BCUT2D eigenvalue weighted by Gasteiger charge is 2.57. The van der Waals surface area contributed by atoms with E-state index >= 15 is 0 Å². The van der Waals surface area contributed by atoms with Crippen LogP contribution in [0.3, 0.4) is 0 Å². The van der Waals surface area contributed by atoms with Crippen LogP contribution in [0.1, 0.15) is 32.6 Å². The topological polar surface area (TPSA) is 192 Å². The number of fused-ring (bicyclic) bond motifs is 1. The second kappa shape index (κ2) is 12.6. The van der Waals surface area contributed by atoms with Crippen LogP contribution in [0.4, 0.5) is 0 Å². The van der Waals surface area contributed by atoms with Crippen molar-refractivity contribution in [2.24, 2.45) is 16.4 Å². The first kappa shape index (κ1) is 31.4. The van der Waals surface area contributed by atoms with Crippen molar-refractivity contribution in [3.05, 3.63) is 42.5 Å². The lowest BCUT2D eigenvalue weighted by molar-refractivity contribution is -0.156. The van der Waals surface area contributed by atoms with E-state index in [-0.39, 0.29) is 29.9 Å². The third-order valence-corrected chi connectivity index (χ3v) is 8.85. The van der Waals surface area contributed by atoms with Crippen LogP contribution >= 0.6 is 12.4 Å². The number of rotatable bonds is 12. The van der Waals surface area contributed by atoms with Gasteiger partial charge in [-0.25, -0.2) is 17.9 Å². The van der Waals surface area contributed by atoms with Gasteiger partial charge in [0.2, 0.25) is 10.0 Å². The summed E-state index contributed by atoms with van der Waals surface area (Å²) in [4.78, 5) is 39.9. The van der Waals surface area contributed by atoms with Crippen molar-refractivity contribution >= 4 is 57.1 Å². The van der Waals surface area contributed by atoms with Crippen LogP contribution < -0.4 is 26.5 Å². The number of ketones is 1. The summed E-state index contributed by atoms with van der Waals surface area (Å²) in [6.07, 6.45) is 4.11. The minimum absolute atomic E-state index is 0. The predicted octanol–water partition coefficient (Wildman–Crippen LogP) is 0.503. The zero-order chi connectivity index (χ0) is 28.3. The van der Waals surface area contributed by atoms with Gasteiger partial charge in [-0.05, 0) is 50.6 Å². The Kier molecular flexibility index (Phi) is 9.90. The molecule has 14 heteroatoms. The van der Waals surface area contributed by atoms with Crippen LogP contribution in [0.2, 0.25) is 0 Å². The maximum absolute atomic E-state index is 13.8. The molecule has 7 N–H and O–H groups in total. The lowest BCUT2D eigenvalue weighted by Gasteiger charge is -2.36. The molecule has 2 unspecified atom stereocenters. The van der Waals surface area contributed by atoms with E-state index < -0.39 is 44.7 Å². The normalized spacial score (nSPS) is 21.7. The van der Waals surface area contributed by atoms with Crippen LogP contribution in [0, 0.1) is 5.41 Å². The molecular formula is C26H35ClN6O6S. The summed E-state index contributed by atoms with van der Waals surface area (Å²) < 4.78 is 29.0. The molecule has 218 valence electrons. The fraction of sp³-hybridized carbons (Fsp3) is 0.462.